The molecular weight excluding hydrogens is 485 g/mol. The molecule has 0 amide bonds. The van der Waals surface area contributed by atoms with Crippen LogP contribution in [0.4, 0.5) is 13.2 Å². The lowest BCUT2D eigenvalue weighted by molar-refractivity contribution is 0.192. The minimum Gasteiger partial charge on any atom is -0.491 e. The van der Waals surface area contributed by atoms with Gasteiger partial charge in [0.25, 0.3) is 0 Å². The van der Waals surface area contributed by atoms with Gasteiger partial charge in [-0.2, -0.15) is 4.39 Å². The normalized spacial score (nSPS) is 17.4. The van der Waals surface area contributed by atoms with E-state index in [4.69, 9.17) is 9.47 Å². The van der Waals surface area contributed by atoms with E-state index >= 15 is 0 Å². The van der Waals surface area contributed by atoms with Crippen LogP contribution in [-0.2, 0) is 0 Å². The van der Waals surface area contributed by atoms with Crippen molar-refractivity contribution in [3.05, 3.63) is 83.2 Å². The molecule has 0 atom stereocenters. The highest BCUT2D eigenvalue weighted by Crippen LogP contribution is 2.38. The van der Waals surface area contributed by atoms with Crippen LogP contribution >= 0.6 is 0 Å². The van der Waals surface area contributed by atoms with Gasteiger partial charge in [0.2, 0.25) is 5.82 Å². The molecule has 0 radical (unpaired) electrons. The summed E-state index contributed by atoms with van der Waals surface area (Å²) >= 11 is 0. The number of unbranched alkanes of at least 4 members (excludes halogenated alkanes) is 4. The molecule has 2 nitrogen and oxygen atoms in total. The topological polar surface area (TPSA) is 18.5 Å². The van der Waals surface area contributed by atoms with E-state index in [0.29, 0.717) is 24.5 Å². The van der Waals surface area contributed by atoms with Crippen LogP contribution in [0.15, 0.2) is 54.6 Å². The first-order valence-corrected chi connectivity index (χ1v) is 14.1. The molecule has 1 aliphatic rings. The van der Waals surface area contributed by atoms with Crippen molar-refractivity contribution in [2.45, 2.75) is 77.6 Å². The molecule has 0 N–H and O–H groups in total. The number of benzene rings is 3. The van der Waals surface area contributed by atoms with Crippen molar-refractivity contribution >= 4 is 0 Å². The van der Waals surface area contributed by atoms with Crippen LogP contribution in [0.5, 0.6) is 11.5 Å². The monoisotopic (exact) mass is 524 g/mol. The Morgan fingerprint density at radius 3 is 2.16 bits per heavy atom. The molecule has 5 heteroatoms. The summed E-state index contributed by atoms with van der Waals surface area (Å²) in [6.07, 6.45) is 9.30. The van der Waals surface area contributed by atoms with Crippen molar-refractivity contribution in [1.82, 2.24) is 0 Å². The minimum absolute atomic E-state index is 0.0523. The number of rotatable bonds is 12. The highest BCUT2D eigenvalue weighted by atomic mass is 19.2. The van der Waals surface area contributed by atoms with Crippen LogP contribution < -0.4 is 9.47 Å². The van der Waals surface area contributed by atoms with Crippen molar-refractivity contribution in [3.63, 3.8) is 0 Å². The number of ether oxygens (including phenoxy) is 2. The third-order valence-corrected chi connectivity index (χ3v) is 7.66. The Hall–Kier alpha value is -2.95. The van der Waals surface area contributed by atoms with Crippen molar-refractivity contribution in [2.24, 2.45) is 5.92 Å². The summed E-state index contributed by atoms with van der Waals surface area (Å²) in [4.78, 5) is 0. The zero-order valence-electron chi connectivity index (χ0n) is 22.6. The lowest BCUT2D eigenvalue weighted by atomic mass is 9.79. The summed E-state index contributed by atoms with van der Waals surface area (Å²) in [5, 5.41) is 0. The Balaban J connectivity index is 1.25. The van der Waals surface area contributed by atoms with Crippen LogP contribution in [0.1, 0.15) is 81.8 Å². The fourth-order valence-corrected chi connectivity index (χ4v) is 5.25. The van der Waals surface area contributed by atoms with Gasteiger partial charge in [0, 0.05) is 5.56 Å². The van der Waals surface area contributed by atoms with E-state index in [2.05, 4.69) is 6.92 Å². The lowest BCUT2D eigenvalue weighted by Gasteiger charge is -2.29. The van der Waals surface area contributed by atoms with Gasteiger partial charge in [-0.3, -0.25) is 0 Å². The molecule has 0 aliphatic heterocycles. The largest absolute Gasteiger partial charge is 0.491 e. The molecule has 38 heavy (non-hydrogen) atoms. The Bertz CT molecular complexity index is 1170. The van der Waals surface area contributed by atoms with Gasteiger partial charge >= 0.3 is 0 Å². The van der Waals surface area contributed by atoms with Gasteiger partial charge in [-0.1, -0.05) is 68.5 Å². The van der Waals surface area contributed by atoms with Gasteiger partial charge < -0.3 is 9.47 Å². The standard InChI is InChI=1S/C33H39F3O2/c1-3-4-5-6-7-20-37-30-18-16-27(21-29(30)34)25-14-10-24(11-15-25)22-38-31-19-17-28(32(35)33(31)36)26-12-8-23(2)9-13-26/h8-9,12-13,16-19,21,24-25H,3-7,10-11,14-15,20,22H2,1-2H3. The zero-order valence-corrected chi connectivity index (χ0v) is 22.6. The first-order valence-electron chi connectivity index (χ1n) is 14.1. The smallest absolute Gasteiger partial charge is 0.201 e. The van der Waals surface area contributed by atoms with Gasteiger partial charge in [-0.15, -0.1) is 0 Å². The van der Waals surface area contributed by atoms with Crippen LogP contribution in [0.25, 0.3) is 11.1 Å². The molecule has 0 aromatic heterocycles. The van der Waals surface area contributed by atoms with Gasteiger partial charge in [-0.25, -0.2) is 8.78 Å². The Morgan fingerprint density at radius 2 is 1.45 bits per heavy atom. The molecule has 4 rings (SSSR count). The average Bonchev–Trinajstić information content (AvgIpc) is 2.93. The van der Waals surface area contributed by atoms with Crippen molar-refractivity contribution in [3.8, 4) is 22.6 Å². The van der Waals surface area contributed by atoms with E-state index in [1.165, 1.54) is 25.3 Å². The molecule has 0 saturated heterocycles. The van der Waals surface area contributed by atoms with Crippen LogP contribution in [0, 0.1) is 30.3 Å². The van der Waals surface area contributed by atoms with Gasteiger partial charge in [0.1, 0.15) is 0 Å². The zero-order chi connectivity index (χ0) is 26.9. The molecule has 204 valence electrons. The van der Waals surface area contributed by atoms with Crippen molar-refractivity contribution < 1.29 is 22.6 Å². The fraction of sp³-hybridized carbons (Fsp3) is 0.455. The number of aryl methyl sites for hydroxylation is 1. The molecule has 3 aromatic rings. The van der Waals surface area contributed by atoms with E-state index in [9.17, 15) is 13.2 Å². The van der Waals surface area contributed by atoms with Crippen LogP contribution in [0.3, 0.4) is 0 Å². The first kappa shape index (κ1) is 28.1. The predicted molar refractivity (Wildman–Crippen MR) is 147 cm³/mol. The third kappa shape index (κ3) is 7.33. The average molecular weight is 525 g/mol. The molecule has 1 saturated carbocycles. The summed E-state index contributed by atoms with van der Waals surface area (Å²) < 4.78 is 55.5. The highest BCUT2D eigenvalue weighted by molar-refractivity contribution is 5.65. The van der Waals surface area contributed by atoms with Gasteiger partial charge in [0.05, 0.1) is 13.2 Å². The van der Waals surface area contributed by atoms with E-state index in [1.54, 1.807) is 30.3 Å². The molecule has 3 aromatic carbocycles. The SMILES string of the molecule is CCCCCCCOc1ccc(C2CCC(COc3ccc(-c4ccc(C)cc4)c(F)c3F)CC2)cc1F. The maximum absolute atomic E-state index is 14.8. The molecule has 1 aliphatic carbocycles. The van der Waals surface area contributed by atoms with Crippen molar-refractivity contribution in [2.75, 3.05) is 13.2 Å². The quantitative estimate of drug-likeness (QED) is 0.220. The maximum atomic E-state index is 14.8. The van der Waals surface area contributed by atoms with E-state index in [1.807, 2.05) is 25.1 Å². The fourth-order valence-electron chi connectivity index (χ4n) is 5.25. The Morgan fingerprint density at radius 1 is 0.737 bits per heavy atom. The molecule has 0 heterocycles. The van der Waals surface area contributed by atoms with Crippen LogP contribution in [0.2, 0.25) is 0 Å². The first-order chi connectivity index (χ1) is 18.5. The number of hydrogen-bond donors (Lipinski definition) is 0. The summed E-state index contributed by atoms with van der Waals surface area (Å²) in [6, 6.07) is 15.7. The van der Waals surface area contributed by atoms with E-state index in [-0.39, 0.29) is 29.0 Å². The van der Waals surface area contributed by atoms with Crippen molar-refractivity contribution in [1.29, 1.82) is 0 Å². The second kappa shape index (κ2) is 13.7. The maximum Gasteiger partial charge on any atom is 0.201 e. The van der Waals surface area contributed by atoms with E-state index < -0.39 is 11.6 Å². The van der Waals surface area contributed by atoms with Gasteiger partial charge in [-0.05, 0) is 86.3 Å². The summed E-state index contributed by atoms with van der Waals surface area (Å²) in [5.41, 5.74) is 2.92. The second-order valence-electron chi connectivity index (χ2n) is 10.6. The molecule has 0 spiro atoms. The van der Waals surface area contributed by atoms with Crippen LogP contribution in [-0.4, -0.2) is 13.2 Å². The number of halogens is 3. The summed E-state index contributed by atoms with van der Waals surface area (Å²) in [7, 11) is 0. The molecule has 1 fully saturated rings. The van der Waals surface area contributed by atoms with E-state index in [0.717, 1.165) is 49.7 Å². The minimum atomic E-state index is -0.949. The lowest BCUT2D eigenvalue weighted by Crippen LogP contribution is -2.19. The Labute approximate surface area is 225 Å². The Kier molecular flexibility index (Phi) is 10.1. The molecule has 0 unspecified atom stereocenters. The summed E-state index contributed by atoms with van der Waals surface area (Å²) in [5.74, 6) is -1.32. The van der Waals surface area contributed by atoms with Gasteiger partial charge in [0.15, 0.2) is 23.1 Å². The number of hydrogen-bond acceptors (Lipinski definition) is 2. The predicted octanol–water partition coefficient (Wildman–Crippen LogP) is 9.78. The second-order valence-corrected chi connectivity index (χ2v) is 10.6. The molecular formula is C33H39F3O2. The highest BCUT2D eigenvalue weighted by Gasteiger charge is 2.25. The third-order valence-electron chi connectivity index (χ3n) is 7.66. The molecule has 0 bridgehead atoms. The summed E-state index contributed by atoms with van der Waals surface area (Å²) in [6.45, 7) is 5.02.